The molecule has 2 aromatic heterocycles. The minimum atomic E-state index is 0.763. The van der Waals surface area contributed by atoms with Crippen LogP contribution in [0.3, 0.4) is 0 Å². The molecule has 0 aliphatic rings. The smallest absolute Gasteiger partial charge is 0.0950 e. The van der Waals surface area contributed by atoms with Crippen LogP contribution in [0, 0.1) is 0 Å². The zero-order valence-corrected chi connectivity index (χ0v) is 13.5. The highest BCUT2D eigenvalue weighted by atomic mass is 35.5. The summed E-state index contributed by atoms with van der Waals surface area (Å²) in [6, 6.07) is 26.7. The summed E-state index contributed by atoms with van der Waals surface area (Å²) in [6.07, 6.45) is 0. The van der Waals surface area contributed by atoms with E-state index in [-0.39, 0.29) is 0 Å². The molecule has 24 heavy (non-hydrogen) atoms. The van der Waals surface area contributed by atoms with Crippen molar-refractivity contribution in [3.05, 3.63) is 83.9 Å². The zero-order chi connectivity index (χ0) is 16.1. The van der Waals surface area contributed by atoms with Gasteiger partial charge in [-0.15, -0.1) is 0 Å². The van der Waals surface area contributed by atoms with Crippen molar-refractivity contribution in [1.29, 1.82) is 0 Å². The van der Waals surface area contributed by atoms with Crippen molar-refractivity contribution in [2.45, 2.75) is 0 Å². The summed E-state index contributed by atoms with van der Waals surface area (Å²) < 4.78 is 2.26. The third kappa shape index (κ3) is 1.87. The van der Waals surface area contributed by atoms with Crippen LogP contribution < -0.4 is 0 Å². The second-order valence-electron chi connectivity index (χ2n) is 5.85. The van der Waals surface area contributed by atoms with Gasteiger partial charge in [0.15, 0.2) is 0 Å². The van der Waals surface area contributed by atoms with Crippen molar-refractivity contribution < 1.29 is 0 Å². The van der Waals surface area contributed by atoms with Crippen LogP contribution in [-0.4, -0.2) is 9.38 Å². The lowest BCUT2D eigenvalue weighted by Gasteiger charge is -2.09. The fourth-order valence-corrected chi connectivity index (χ4v) is 3.59. The van der Waals surface area contributed by atoms with Crippen LogP contribution >= 0.6 is 11.6 Å². The monoisotopic (exact) mass is 328 g/mol. The Morgan fingerprint density at radius 1 is 0.708 bits per heavy atom. The second kappa shape index (κ2) is 5.08. The van der Waals surface area contributed by atoms with E-state index in [4.69, 9.17) is 16.6 Å². The van der Waals surface area contributed by atoms with Crippen LogP contribution in [0.1, 0.15) is 0 Å². The molecule has 114 valence electrons. The average molecular weight is 329 g/mol. The summed E-state index contributed by atoms with van der Waals surface area (Å²) in [5.41, 5.74) is 6.32. The number of nitrogens with zero attached hydrogens (tertiary/aromatic N) is 2. The SMILES string of the molecule is Clc1cccc2c1cc1c(-c3ccccc3)nc3ccccc3n12. The van der Waals surface area contributed by atoms with E-state index in [0.29, 0.717) is 0 Å². The first-order valence-corrected chi connectivity index (χ1v) is 8.24. The molecule has 2 heterocycles. The molecule has 0 unspecified atom stereocenters. The van der Waals surface area contributed by atoms with E-state index in [1.807, 2.05) is 42.5 Å². The maximum atomic E-state index is 6.44. The summed E-state index contributed by atoms with van der Waals surface area (Å²) >= 11 is 6.44. The molecule has 3 heteroatoms. The molecule has 5 aromatic rings. The van der Waals surface area contributed by atoms with Gasteiger partial charge in [-0.2, -0.15) is 0 Å². The number of hydrogen-bond acceptors (Lipinski definition) is 1. The van der Waals surface area contributed by atoms with Gasteiger partial charge >= 0.3 is 0 Å². The largest absolute Gasteiger partial charge is 0.305 e. The standard InChI is InChI=1S/C21H13ClN2/c22-16-9-6-12-18-15(16)13-20-21(14-7-2-1-3-8-14)23-17-10-4-5-11-19(17)24(18)20/h1-13H. The molecular weight excluding hydrogens is 316 g/mol. The Labute approximate surface area is 143 Å². The van der Waals surface area contributed by atoms with Crippen molar-refractivity contribution in [2.24, 2.45) is 0 Å². The van der Waals surface area contributed by atoms with Crippen LogP contribution in [0.25, 0.3) is 38.7 Å². The maximum absolute atomic E-state index is 6.44. The quantitative estimate of drug-likeness (QED) is 0.371. The Balaban J connectivity index is 2.06. The molecule has 0 aliphatic heterocycles. The lowest BCUT2D eigenvalue weighted by Crippen LogP contribution is -1.95. The molecule has 0 saturated heterocycles. The molecule has 0 fully saturated rings. The zero-order valence-electron chi connectivity index (χ0n) is 12.8. The molecule has 0 spiro atoms. The third-order valence-electron chi connectivity index (χ3n) is 4.44. The van der Waals surface area contributed by atoms with E-state index in [9.17, 15) is 0 Å². The first kappa shape index (κ1) is 13.6. The number of rotatable bonds is 1. The van der Waals surface area contributed by atoms with Gasteiger partial charge in [0.05, 0.1) is 27.8 Å². The predicted molar refractivity (Wildman–Crippen MR) is 101 cm³/mol. The van der Waals surface area contributed by atoms with Gasteiger partial charge in [0.1, 0.15) is 0 Å². The molecule has 2 nitrogen and oxygen atoms in total. The lowest BCUT2D eigenvalue weighted by atomic mass is 10.1. The number of aromatic nitrogens is 2. The summed E-state index contributed by atoms with van der Waals surface area (Å²) in [6.45, 7) is 0. The van der Waals surface area contributed by atoms with Crippen molar-refractivity contribution >= 4 is 39.1 Å². The van der Waals surface area contributed by atoms with E-state index in [1.54, 1.807) is 0 Å². The van der Waals surface area contributed by atoms with E-state index < -0.39 is 0 Å². The highest BCUT2D eigenvalue weighted by Crippen LogP contribution is 2.34. The summed E-state index contributed by atoms with van der Waals surface area (Å²) in [7, 11) is 0. The first-order valence-electron chi connectivity index (χ1n) is 7.87. The van der Waals surface area contributed by atoms with Crippen molar-refractivity contribution in [3.63, 3.8) is 0 Å². The molecule has 3 aromatic carbocycles. The number of fused-ring (bicyclic) bond motifs is 5. The molecule has 0 bridgehead atoms. The second-order valence-corrected chi connectivity index (χ2v) is 6.26. The predicted octanol–water partition coefficient (Wildman–Crippen LogP) is 5.96. The summed E-state index contributed by atoms with van der Waals surface area (Å²) in [5, 5.41) is 1.81. The fourth-order valence-electron chi connectivity index (χ4n) is 3.36. The van der Waals surface area contributed by atoms with Gasteiger partial charge in [0, 0.05) is 16.0 Å². The first-order chi connectivity index (χ1) is 11.8. The Hall–Kier alpha value is -2.84. The van der Waals surface area contributed by atoms with Crippen LogP contribution in [-0.2, 0) is 0 Å². The van der Waals surface area contributed by atoms with E-state index in [1.165, 1.54) is 0 Å². The number of hydrogen-bond donors (Lipinski definition) is 0. The van der Waals surface area contributed by atoms with Crippen molar-refractivity contribution in [2.75, 3.05) is 0 Å². The van der Waals surface area contributed by atoms with Crippen molar-refractivity contribution in [1.82, 2.24) is 9.38 Å². The highest BCUT2D eigenvalue weighted by Gasteiger charge is 2.14. The van der Waals surface area contributed by atoms with Crippen LogP contribution in [0.15, 0.2) is 78.9 Å². The molecular formula is C21H13ClN2. The van der Waals surface area contributed by atoms with Gasteiger partial charge in [-0.3, -0.25) is 0 Å². The Kier molecular flexibility index (Phi) is 2.88. The van der Waals surface area contributed by atoms with Crippen LogP contribution in [0.2, 0.25) is 5.02 Å². The van der Waals surface area contributed by atoms with Gasteiger partial charge in [-0.05, 0) is 30.3 Å². The van der Waals surface area contributed by atoms with E-state index in [2.05, 4.69) is 40.8 Å². The van der Waals surface area contributed by atoms with E-state index in [0.717, 1.165) is 43.7 Å². The topological polar surface area (TPSA) is 17.3 Å². The van der Waals surface area contributed by atoms with Gasteiger partial charge in [0.25, 0.3) is 0 Å². The number of benzene rings is 3. The third-order valence-corrected chi connectivity index (χ3v) is 4.77. The molecule has 0 atom stereocenters. The van der Waals surface area contributed by atoms with E-state index >= 15 is 0 Å². The molecule has 0 amide bonds. The van der Waals surface area contributed by atoms with Gasteiger partial charge in [-0.1, -0.05) is 60.1 Å². The minimum Gasteiger partial charge on any atom is -0.305 e. The summed E-state index contributed by atoms with van der Waals surface area (Å²) in [4.78, 5) is 4.93. The van der Waals surface area contributed by atoms with Crippen LogP contribution in [0.5, 0.6) is 0 Å². The molecule has 5 rings (SSSR count). The Morgan fingerprint density at radius 3 is 2.33 bits per heavy atom. The highest BCUT2D eigenvalue weighted by molar-refractivity contribution is 6.35. The molecule has 0 saturated carbocycles. The average Bonchev–Trinajstić information content (AvgIpc) is 3.03. The minimum absolute atomic E-state index is 0.763. The lowest BCUT2D eigenvalue weighted by molar-refractivity contribution is 1.27. The van der Waals surface area contributed by atoms with Crippen LogP contribution in [0.4, 0.5) is 0 Å². The fraction of sp³-hybridized carbons (Fsp3) is 0. The maximum Gasteiger partial charge on any atom is 0.0950 e. The molecule has 0 radical (unpaired) electrons. The Morgan fingerprint density at radius 2 is 1.46 bits per heavy atom. The van der Waals surface area contributed by atoms with Crippen molar-refractivity contribution in [3.8, 4) is 11.3 Å². The Bertz CT molecular complexity index is 1210. The van der Waals surface area contributed by atoms with Gasteiger partial charge in [0.2, 0.25) is 0 Å². The van der Waals surface area contributed by atoms with Gasteiger partial charge < -0.3 is 4.40 Å². The van der Waals surface area contributed by atoms with Gasteiger partial charge in [-0.25, -0.2) is 4.98 Å². The normalized spacial score (nSPS) is 11.5. The number of para-hydroxylation sites is 2. The molecule has 0 aliphatic carbocycles. The molecule has 0 N–H and O–H groups in total. The summed E-state index contributed by atoms with van der Waals surface area (Å²) in [5.74, 6) is 0. The number of halogens is 1.